The Labute approximate surface area is 231 Å². The predicted molar refractivity (Wildman–Crippen MR) is 152 cm³/mol. The molecule has 2 aromatic rings. The molecule has 8 heteroatoms. The Morgan fingerprint density at radius 1 is 1.13 bits per heavy atom. The van der Waals surface area contributed by atoms with Gasteiger partial charge in [0.25, 0.3) is 0 Å². The van der Waals surface area contributed by atoms with Crippen LogP contribution in [0.25, 0.3) is 0 Å². The summed E-state index contributed by atoms with van der Waals surface area (Å²) in [5.74, 6) is 1.78. The number of aromatic hydroxyl groups is 1. The number of alkyl carbamates (subject to hydrolysis) is 1. The molecule has 0 aromatic heterocycles. The first-order valence-corrected chi connectivity index (χ1v) is 13.0. The van der Waals surface area contributed by atoms with Gasteiger partial charge in [0.05, 0.1) is 0 Å². The van der Waals surface area contributed by atoms with Crippen molar-refractivity contribution in [1.82, 2.24) is 15.5 Å². The number of hydrogen-bond acceptors (Lipinski definition) is 5. The zero-order valence-corrected chi connectivity index (χ0v) is 23.2. The van der Waals surface area contributed by atoms with E-state index < -0.39 is 29.7 Å². The zero-order chi connectivity index (χ0) is 29.0. The highest BCUT2D eigenvalue weighted by molar-refractivity contribution is 5.92. The second kappa shape index (κ2) is 14.6. The first-order valence-electron chi connectivity index (χ1n) is 13.0. The van der Waals surface area contributed by atoms with Crippen LogP contribution in [-0.2, 0) is 20.7 Å². The van der Waals surface area contributed by atoms with E-state index in [0.29, 0.717) is 23.2 Å². The van der Waals surface area contributed by atoms with E-state index in [-0.39, 0.29) is 24.6 Å². The summed E-state index contributed by atoms with van der Waals surface area (Å²) in [6.45, 7) is 11.5. The van der Waals surface area contributed by atoms with E-state index in [2.05, 4.69) is 23.1 Å². The average Bonchev–Trinajstić information content (AvgIpc) is 2.88. The van der Waals surface area contributed by atoms with Gasteiger partial charge < -0.3 is 25.4 Å². The van der Waals surface area contributed by atoms with Gasteiger partial charge in [-0.25, -0.2) is 4.79 Å². The Balaban J connectivity index is 2.51. The smallest absolute Gasteiger partial charge is 0.408 e. The standard InChI is InChI=1S/C31H39N3O5/c1-7-10-19-32-28(36)27(24-15-11-22(9-3)12-16-24)34(20-8-2)29(37)26(33-30(38)39-31(4,5)6)21-23-13-17-25(35)18-14-23/h3,8,11-18,26-27,35H,2,7,10,19-21H2,1,4-6H3,(H,32,36)(H,33,38). The molecular weight excluding hydrogens is 494 g/mol. The number of benzene rings is 2. The normalized spacial score (nSPS) is 12.4. The Morgan fingerprint density at radius 3 is 2.31 bits per heavy atom. The number of ether oxygens (including phenoxy) is 1. The van der Waals surface area contributed by atoms with Gasteiger partial charge in [0.2, 0.25) is 11.8 Å². The van der Waals surface area contributed by atoms with E-state index in [0.717, 1.165) is 12.8 Å². The highest BCUT2D eigenvalue weighted by Crippen LogP contribution is 2.24. The molecule has 0 bridgehead atoms. The Kier molecular flexibility index (Phi) is 11.6. The van der Waals surface area contributed by atoms with Crippen LogP contribution in [0.1, 0.15) is 63.3 Å². The maximum Gasteiger partial charge on any atom is 0.408 e. The van der Waals surface area contributed by atoms with E-state index >= 15 is 0 Å². The molecule has 0 aliphatic rings. The topological polar surface area (TPSA) is 108 Å². The van der Waals surface area contributed by atoms with E-state index in [4.69, 9.17) is 11.2 Å². The quantitative estimate of drug-likeness (QED) is 0.212. The summed E-state index contributed by atoms with van der Waals surface area (Å²) in [5, 5.41) is 15.3. The van der Waals surface area contributed by atoms with Crippen molar-refractivity contribution in [2.75, 3.05) is 13.1 Å². The van der Waals surface area contributed by atoms with Gasteiger partial charge in [-0.05, 0) is 62.6 Å². The highest BCUT2D eigenvalue weighted by atomic mass is 16.6. The van der Waals surface area contributed by atoms with E-state index in [1.54, 1.807) is 57.2 Å². The molecule has 0 spiro atoms. The number of hydrogen-bond donors (Lipinski definition) is 3. The average molecular weight is 534 g/mol. The van der Waals surface area contributed by atoms with Crippen molar-refractivity contribution in [3.63, 3.8) is 0 Å². The van der Waals surface area contributed by atoms with Crippen LogP contribution < -0.4 is 10.6 Å². The van der Waals surface area contributed by atoms with Gasteiger partial charge in [-0.1, -0.05) is 49.6 Å². The molecule has 0 aliphatic heterocycles. The molecule has 0 radical (unpaired) electrons. The van der Waals surface area contributed by atoms with Crippen molar-refractivity contribution in [3.8, 4) is 18.1 Å². The molecule has 39 heavy (non-hydrogen) atoms. The summed E-state index contributed by atoms with van der Waals surface area (Å²) in [6.07, 6.45) is 8.06. The molecule has 2 aromatic carbocycles. The third-order valence-electron chi connectivity index (χ3n) is 5.76. The lowest BCUT2D eigenvalue weighted by Gasteiger charge is -2.34. The first kappa shape index (κ1) is 31.0. The molecule has 2 unspecified atom stereocenters. The lowest BCUT2D eigenvalue weighted by atomic mass is 9.99. The molecule has 0 saturated carbocycles. The van der Waals surface area contributed by atoms with Gasteiger partial charge in [0.15, 0.2) is 0 Å². The third kappa shape index (κ3) is 9.86. The van der Waals surface area contributed by atoms with Gasteiger partial charge >= 0.3 is 6.09 Å². The van der Waals surface area contributed by atoms with Crippen LogP contribution in [0.2, 0.25) is 0 Å². The Morgan fingerprint density at radius 2 is 1.77 bits per heavy atom. The van der Waals surface area contributed by atoms with E-state index in [9.17, 15) is 19.5 Å². The number of rotatable bonds is 12. The minimum atomic E-state index is -1.07. The molecule has 208 valence electrons. The number of phenols is 1. The number of nitrogens with one attached hydrogen (secondary N) is 2. The van der Waals surface area contributed by atoms with Crippen molar-refractivity contribution >= 4 is 17.9 Å². The zero-order valence-electron chi connectivity index (χ0n) is 23.2. The lowest BCUT2D eigenvalue weighted by Crippen LogP contribution is -2.54. The molecule has 0 fully saturated rings. The second-order valence-corrected chi connectivity index (χ2v) is 10.2. The maximum absolute atomic E-state index is 14.1. The summed E-state index contributed by atoms with van der Waals surface area (Å²) in [5.41, 5.74) is 1.13. The summed E-state index contributed by atoms with van der Waals surface area (Å²) in [6, 6.07) is 11.1. The van der Waals surface area contributed by atoms with Gasteiger partial charge in [0.1, 0.15) is 23.4 Å². The van der Waals surface area contributed by atoms with Crippen LogP contribution in [0.4, 0.5) is 4.79 Å². The number of carbonyl (C=O) groups excluding carboxylic acids is 3. The van der Waals surface area contributed by atoms with Crippen LogP contribution in [0.3, 0.4) is 0 Å². The molecule has 0 saturated heterocycles. The fourth-order valence-electron chi connectivity index (χ4n) is 3.90. The maximum atomic E-state index is 14.1. The molecule has 3 N–H and O–H groups in total. The molecule has 2 rings (SSSR count). The van der Waals surface area contributed by atoms with E-state index in [1.165, 1.54) is 23.1 Å². The van der Waals surface area contributed by atoms with Gasteiger partial charge in [-0.2, -0.15) is 0 Å². The molecule has 2 atom stereocenters. The van der Waals surface area contributed by atoms with Crippen molar-refractivity contribution in [2.24, 2.45) is 0 Å². The van der Waals surface area contributed by atoms with Crippen molar-refractivity contribution in [3.05, 3.63) is 77.9 Å². The van der Waals surface area contributed by atoms with Crippen molar-refractivity contribution < 1.29 is 24.2 Å². The number of terminal acetylenes is 1. The number of carbonyl (C=O) groups is 3. The minimum absolute atomic E-state index is 0.0453. The number of phenolic OH excluding ortho intramolecular Hbond substituents is 1. The summed E-state index contributed by atoms with van der Waals surface area (Å²) in [4.78, 5) is 41.8. The molecule has 0 heterocycles. The fourth-order valence-corrected chi connectivity index (χ4v) is 3.90. The monoisotopic (exact) mass is 533 g/mol. The van der Waals surface area contributed by atoms with Crippen molar-refractivity contribution in [2.45, 2.75) is 64.6 Å². The van der Waals surface area contributed by atoms with Crippen LogP contribution in [0.5, 0.6) is 5.75 Å². The number of unbranched alkanes of at least 4 members (excludes halogenated alkanes) is 1. The van der Waals surface area contributed by atoms with Crippen LogP contribution >= 0.6 is 0 Å². The number of amides is 3. The third-order valence-corrected chi connectivity index (χ3v) is 5.76. The molecule has 0 aliphatic carbocycles. The highest BCUT2D eigenvalue weighted by Gasteiger charge is 2.35. The van der Waals surface area contributed by atoms with Gasteiger partial charge in [-0.15, -0.1) is 13.0 Å². The van der Waals surface area contributed by atoms with E-state index in [1.807, 2.05) is 6.92 Å². The Hall–Kier alpha value is -4.25. The molecule has 3 amide bonds. The SMILES string of the molecule is C#Cc1ccc(C(C(=O)NCCCC)N(CC=C)C(=O)C(Cc2ccc(O)cc2)NC(=O)OC(C)(C)C)cc1. The van der Waals surface area contributed by atoms with Gasteiger partial charge in [-0.3, -0.25) is 9.59 Å². The van der Waals surface area contributed by atoms with Gasteiger partial charge in [0, 0.05) is 25.1 Å². The molecule has 8 nitrogen and oxygen atoms in total. The predicted octanol–water partition coefficient (Wildman–Crippen LogP) is 4.48. The van der Waals surface area contributed by atoms with Crippen LogP contribution in [0.15, 0.2) is 61.2 Å². The summed E-state index contributed by atoms with van der Waals surface area (Å²) in [7, 11) is 0. The second-order valence-electron chi connectivity index (χ2n) is 10.2. The first-order chi connectivity index (χ1) is 18.5. The largest absolute Gasteiger partial charge is 0.508 e. The summed E-state index contributed by atoms with van der Waals surface area (Å²) < 4.78 is 5.42. The lowest BCUT2D eigenvalue weighted by molar-refractivity contribution is -0.141. The minimum Gasteiger partial charge on any atom is -0.508 e. The molecular formula is C31H39N3O5. The number of nitrogens with zero attached hydrogens (tertiary/aromatic N) is 1. The fraction of sp³-hybridized carbons (Fsp3) is 0.387. The Bertz CT molecular complexity index is 1160. The summed E-state index contributed by atoms with van der Waals surface area (Å²) >= 11 is 0. The van der Waals surface area contributed by atoms with Crippen LogP contribution in [-0.4, -0.2) is 52.6 Å². The van der Waals surface area contributed by atoms with Crippen molar-refractivity contribution in [1.29, 1.82) is 0 Å². The van der Waals surface area contributed by atoms with Crippen LogP contribution in [0, 0.1) is 12.3 Å².